The number of nitrogens with zero attached hydrogens (tertiary/aromatic N) is 1. The van der Waals surface area contributed by atoms with Crippen LogP contribution in [0.3, 0.4) is 0 Å². The Morgan fingerprint density at radius 2 is 2.00 bits per heavy atom. The van der Waals surface area contributed by atoms with E-state index in [-0.39, 0.29) is 17.9 Å². The number of hydrogen-bond acceptors (Lipinski definition) is 6. The predicted octanol–water partition coefficient (Wildman–Crippen LogP) is 5.54. The molecule has 0 aliphatic carbocycles. The number of aliphatic hydroxyl groups excluding tert-OH is 1. The number of methoxy groups -OCH3 is 1. The number of esters is 1. The predicted molar refractivity (Wildman–Crippen MR) is 113 cm³/mol. The van der Waals surface area contributed by atoms with E-state index in [1.807, 2.05) is 24.3 Å². The van der Waals surface area contributed by atoms with Crippen molar-refractivity contribution in [2.24, 2.45) is 4.99 Å². The molecule has 28 heavy (non-hydrogen) atoms. The first-order chi connectivity index (χ1) is 13.5. The Bertz CT molecular complexity index is 980. The summed E-state index contributed by atoms with van der Waals surface area (Å²) in [7, 11) is 1.59. The van der Waals surface area contributed by atoms with Gasteiger partial charge in [0, 0.05) is 5.02 Å². The molecular weight excluding hydrogens is 398 g/mol. The third-order valence-electron chi connectivity index (χ3n) is 3.82. The fourth-order valence-electron chi connectivity index (χ4n) is 2.51. The van der Waals surface area contributed by atoms with Crippen LogP contribution < -0.4 is 4.74 Å². The zero-order valence-electron chi connectivity index (χ0n) is 15.3. The lowest BCUT2D eigenvalue weighted by Crippen LogP contribution is -2.12. The molecular formula is C21H18ClNO4S. The molecule has 2 aromatic rings. The van der Waals surface area contributed by atoms with E-state index in [0.717, 1.165) is 5.56 Å². The number of rotatable bonds is 5. The normalized spacial score (nSPS) is 16.7. The summed E-state index contributed by atoms with van der Waals surface area (Å²) in [5.41, 5.74) is 1.49. The van der Waals surface area contributed by atoms with Crippen LogP contribution in [0.2, 0.25) is 5.02 Å². The Hall–Kier alpha value is -2.70. The average Bonchev–Trinajstić information content (AvgIpc) is 2.99. The molecule has 0 saturated heterocycles. The van der Waals surface area contributed by atoms with Gasteiger partial charge in [-0.1, -0.05) is 35.5 Å². The van der Waals surface area contributed by atoms with Gasteiger partial charge in [-0.2, -0.15) is 0 Å². The standard InChI is InChI=1S/C21H18ClNO4S/c1-3-27-21(25)18-19(24)17(12-13-5-4-6-16(11-13)26-2)28-20(18)23-15-9-7-14(22)8-10-15/h4-12,24H,3H2,1-2H3/b17-12-,23-20?. The number of aliphatic hydroxyl groups is 1. The summed E-state index contributed by atoms with van der Waals surface area (Å²) in [5, 5.41) is 11.6. The fourth-order valence-corrected chi connectivity index (χ4v) is 3.67. The van der Waals surface area contributed by atoms with Gasteiger partial charge in [0.25, 0.3) is 0 Å². The Kier molecular flexibility index (Phi) is 6.44. The number of hydrogen-bond donors (Lipinski definition) is 1. The molecule has 1 N–H and O–H groups in total. The topological polar surface area (TPSA) is 68.1 Å². The first-order valence-electron chi connectivity index (χ1n) is 8.50. The van der Waals surface area contributed by atoms with Crippen LogP contribution in [0.5, 0.6) is 5.75 Å². The summed E-state index contributed by atoms with van der Waals surface area (Å²) in [6, 6.07) is 14.3. The molecule has 144 valence electrons. The lowest BCUT2D eigenvalue weighted by Gasteiger charge is -2.03. The van der Waals surface area contributed by atoms with Crippen molar-refractivity contribution in [3.05, 3.63) is 75.4 Å². The molecule has 0 bridgehead atoms. The Morgan fingerprint density at radius 1 is 1.25 bits per heavy atom. The van der Waals surface area contributed by atoms with Crippen molar-refractivity contribution in [3.8, 4) is 5.75 Å². The van der Waals surface area contributed by atoms with Gasteiger partial charge in [0.1, 0.15) is 22.1 Å². The van der Waals surface area contributed by atoms with Gasteiger partial charge in [-0.15, -0.1) is 0 Å². The lowest BCUT2D eigenvalue weighted by atomic mass is 10.1. The quantitative estimate of drug-likeness (QED) is 0.649. The maximum Gasteiger partial charge on any atom is 0.344 e. The molecule has 1 heterocycles. The molecule has 7 heteroatoms. The fraction of sp³-hybridized carbons (Fsp3) is 0.143. The second-order valence-electron chi connectivity index (χ2n) is 5.72. The number of halogens is 1. The second kappa shape index (κ2) is 8.99. The molecule has 0 atom stereocenters. The molecule has 1 aliphatic rings. The number of carbonyl (C=O) groups excluding carboxylic acids is 1. The highest BCUT2D eigenvalue weighted by Crippen LogP contribution is 2.40. The minimum Gasteiger partial charge on any atom is -0.506 e. The average molecular weight is 416 g/mol. The smallest absolute Gasteiger partial charge is 0.344 e. The minimum absolute atomic E-state index is 0.0518. The van der Waals surface area contributed by atoms with E-state index in [1.165, 1.54) is 11.8 Å². The van der Waals surface area contributed by atoms with E-state index in [2.05, 4.69) is 4.99 Å². The Morgan fingerprint density at radius 3 is 2.68 bits per heavy atom. The van der Waals surface area contributed by atoms with E-state index in [0.29, 0.717) is 26.4 Å². The molecule has 1 aliphatic heterocycles. The van der Waals surface area contributed by atoms with Crippen LogP contribution in [0.4, 0.5) is 5.69 Å². The largest absolute Gasteiger partial charge is 0.506 e. The van der Waals surface area contributed by atoms with E-state index >= 15 is 0 Å². The van der Waals surface area contributed by atoms with Gasteiger partial charge >= 0.3 is 5.97 Å². The van der Waals surface area contributed by atoms with Crippen LogP contribution >= 0.6 is 23.4 Å². The van der Waals surface area contributed by atoms with Gasteiger partial charge in [0.15, 0.2) is 0 Å². The number of aliphatic imine (C=N–C) groups is 1. The van der Waals surface area contributed by atoms with E-state index in [4.69, 9.17) is 21.1 Å². The van der Waals surface area contributed by atoms with Crippen molar-refractivity contribution in [2.45, 2.75) is 6.92 Å². The maximum absolute atomic E-state index is 12.4. The monoisotopic (exact) mass is 415 g/mol. The molecule has 0 fully saturated rings. The van der Waals surface area contributed by atoms with Crippen LogP contribution in [-0.2, 0) is 9.53 Å². The summed E-state index contributed by atoms with van der Waals surface area (Å²) < 4.78 is 10.3. The number of ether oxygens (including phenoxy) is 2. The molecule has 0 radical (unpaired) electrons. The zero-order valence-corrected chi connectivity index (χ0v) is 16.9. The summed E-state index contributed by atoms with van der Waals surface area (Å²) in [6.45, 7) is 1.91. The molecule has 0 aromatic heterocycles. The summed E-state index contributed by atoms with van der Waals surface area (Å²) >= 11 is 7.11. The van der Waals surface area contributed by atoms with Crippen molar-refractivity contribution in [1.29, 1.82) is 0 Å². The summed E-state index contributed by atoms with van der Waals surface area (Å²) in [5.74, 6) is -0.0743. The molecule has 0 amide bonds. The third kappa shape index (κ3) is 4.58. The van der Waals surface area contributed by atoms with Gasteiger partial charge in [-0.25, -0.2) is 9.79 Å². The van der Waals surface area contributed by atoms with Gasteiger partial charge in [-0.3, -0.25) is 0 Å². The van der Waals surface area contributed by atoms with Gasteiger partial charge < -0.3 is 14.6 Å². The molecule has 0 spiro atoms. The Labute approximate surface area is 172 Å². The zero-order chi connectivity index (χ0) is 20.1. The van der Waals surface area contributed by atoms with E-state index in [1.54, 1.807) is 44.4 Å². The maximum atomic E-state index is 12.4. The Balaban J connectivity index is 2.02. The first kappa shape index (κ1) is 20.0. The van der Waals surface area contributed by atoms with Crippen molar-refractivity contribution in [2.75, 3.05) is 13.7 Å². The minimum atomic E-state index is -0.616. The van der Waals surface area contributed by atoms with E-state index in [9.17, 15) is 9.90 Å². The van der Waals surface area contributed by atoms with Crippen LogP contribution in [-0.4, -0.2) is 29.8 Å². The summed E-state index contributed by atoms with van der Waals surface area (Å²) in [6.07, 6.45) is 1.77. The number of carbonyl (C=O) groups is 1. The van der Waals surface area contributed by atoms with Crippen LogP contribution in [0.1, 0.15) is 12.5 Å². The van der Waals surface area contributed by atoms with Crippen LogP contribution in [0, 0.1) is 0 Å². The molecule has 0 unspecified atom stereocenters. The highest BCUT2D eigenvalue weighted by atomic mass is 35.5. The molecule has 2 aromatic carbocycles. The molecule has 5 nitrogen and oxygen atoms in total. The highest BCUT2D eigenvalue weighted by Gasteiger charge is 2.33. The third-order valence-corrected chi connectivity index (χ3v) is 5.09. The SMILES string of the molecule is CCOC(=O)C1=C(O)/C(=C/c2cccc(OC)c2)SC1=Nc1ccc(Cl)cc1. The lowest BCUT2D eigenvalue weighted by molar-refractivity contribution is -0.138. The van der Waals surface area contributed by atoms with Gasteiger partial charge in [0.2, 0.25) is 0 Å². The van der Waals surface area contributed by atoms with Crippen molar-refractivity contribution in [1.82, 2.24) is 0 Å². The number of benzene rings is 2. The van der Waals surface area contributed by atoms with Gasteiger partial charge in [0.05, 0.1) is 24.3 Å². The summed E-state index contributed by atoms with van der Waals surface area (Å²) in [4.78, 5) is 17.4. The first-order valence-corrected chi connectivity index (χ1v) is 9.70. The number of thioether (sulfide) groups is 1. The van der Waals surface area contributed by atoms with Crippen LogP contribution in [0.15, 0.2) is 69.8 Å². The van der Waals surface area contributed by atoms with Crippen LogP contribution in [0.25, 0.3) is 6.08 Å². The highest BCUT2D eigenvalue weighted by molar-refractivity contribution is 8.18. The van der Waals surface area contributed by atoms with Crippen molar-refractivity contribution >= 4 is 46.1 Å². The van der Waals surface area contributed by atoms with Crippen molar-refractivity contribution < 1.29 is 19.4 Å². The second-order valence-corrected chi connectivity index (χ2v) is 7.19. The molecule has 3 rings (SSSR count). The van der Waals surface area contributed by atoms with Crippen molar-refractivity contribution in [3.63, 3.8) is 0 Å². The molecule has 0 saturated carbocycles. The van der Waals surface area contributed by atoms with E-state index < -0.39 is 5.97 Å². The van der Waals surface area contributed by atoms with Gasteiger partial charge in [-0.05, 0) is 55.0 Å².